The summed E-state index contributed by atoms with van der Waals surface area (Å²) in [6, 6.07) is 14.0. The minimum Gasteiger partial charge on any atom is -0.457 e. The molecule has 0 saturated carbocycles. The zero-order valence-electron chi connectivity index (χ0n) is 14.0. The Morgan fingerprint density at radius 2 is 1.93 bits per heavy atom. The van der Waals surface area contributed by atoms with Crippen molar-refractivity contribution in [2.45, 2.75) is 6.61 Å². The van der Waals surface area contributed by atoms with Gasteiger partial charge in [-0.2, -0.15) is 11.3 Å². The highest BCUT2D eigenvalue weighted by Gasteiger charge is 2.16. The number of hydrogen-bond acceptors (Lipinski definition) is 6. The van der Waals surface area contributed by atoms with Crippen molar-refractivity contribution in [1.29, 1.82) is 0 Å². The molecule has 1 aromatic heterocycles. The van der Waals surface area contributed by atoms with Crippen molar-refractivity contribution in [3.63, 3.8) is 0 Å². The van der Waals surface area contributed by atoms with E-state index in [1.165, 1.54) is 29.5 Å². The van der Waals surface area contributed by atoms with Crippen molar-refractivity contribution >= 4 is 34.6 Å². The van der Waals surface area contributed by atoms with Gasteiger partial charge in [0.2, 0.25) is 0 Å². The van der Waals surface area contributed by atoms with E-state index >= 15 is 0 Å². The lowest BCUT2D eigenvalue weighted by Gasteiger charge is -2.10. The van der Waals surface area contributed by atoms with Gasteiger partial charge in [0, 0.05) is 17.5 Å². The summed E-state index contributed by atoms with van der Waals surface area (Å²) >= 11 is 1.40. The normalized spacial score (nSPS) is 10.2. The van der Waals surface area contributed by atoms with Crippen molar-refractivity contribution in [1.82, 2.24) is 0 Å². The number of thiophene rings is 1. The van der Waals surface area contributed by atoms with Crippen molar-refractivity contribution in [2.24, 2.45) is 0 Å². The third-order valence-electron chi connectivity index (χ3n) is 3.67. The summed E-state index contributed by atoms with van der Waals surface area (Å²) in [5, 5.41) is 17.0. The van der Waals surface area contributed by atoms with Crippen LogP contribution in [0.1, 0.15) is 26.3 Å². The highest BCUT2D eigenvalue weighted by molar-refractivity contribution is 7.08. The third kappa shape index (κ3) is 4.56. The third-order valence-corrected chi connectivity index (χ3v) is 4.35. The Kier molecular flexibility index (Phi) is 5.58. The molecule has 0 aliphatic heterocycles. The van der Waals surface area contributed by atoms with E-state index in [-0.39, 0.29) is 23.8 Å². The molecule has 0 radical (unpaired) electrons. The molecule has 1 N–H and O–H groups in total. The van der Waals surface area contributed by atoms with Gasteiger partial charge < -0.3 is 10.1 Å². The smallest absolute Gasteiger partial charge is 0.340 e. The van der Waals surface area contributed by atoms with Crippen LogP contribution in [0.3, 0.4) is 0 Å². The molecule has 0 aliphatic carbocycles. The predicted octanol–water partition coefficient (Wildman–Crippen LogP) is 4.27. The minimum atomic E-state index is -0.636. The molecule has 3 aromatic rings. The Labute approximate surface area is 158 Å². The molecule has 0 bridgehead atoms. The minimum absolute atomic E-state index is 0.0769. The fourth-order valence-corrected chi connectivity index (χ4v) is 2.98. The van der Waals surface area contributed by atoms with E-state index in [1.54, 1.807) is 47.2 Å². The number of nitrogens with zero attached hydrogens (tertiary/aromatic N) is 1. The zero-order valence-corrected chi connectivity index (χ0v) is 14.8. The number of carbonyl (C=O) groups is 2. The van der Waals surface area contributed by atoms with E-state index in [1.807, 2.05) is 0 Å². The number of amides is 1. The highest BCUT2D eigenvalue weighted by Crippen LogP contribution is 2.20. The van der Waals surface area contributed by atoms with Crippen LogP contribution in [0, 0.1) is 10.1 Å². The van der Waals surface area contributed by atoms with Gasteiger partial charge in [-0.25, -0.2) is 4.79 Å². The van der Waals surface area contributed by atoms with E-state index in [9.17, 15) is 19.7 Å². The Bertz CT molecular complexity index is 985. The first-order valence-electron chi connectivity index (χ1n) is 7.87. The van der Waals surface area contributed by atoms with E-state index < -0.39 is 10.9 Å². The molecule has 8 heteroatoms. The van der Waals surface area contributed by atoms with Crippen molar-refractivity contribution < 1.29 is 19.2 Å². The number of carbonyl (C=O) groups excluding carboxylic acids is 2. The van der Waals surface area contributed by atoms with E-state index in [2.05, 4.69) is 5.32 Å². The van der Waals surface area contributed by atoms with Crippen LogP contribution in [-0.4, -0.2) is 16.8 Å². The molecule has 27 heavy (non-hydrogen) atoms. The number of esters is 1. The maximum Gasteiger partial charge on any atom is 0.340 e. The van der Waals surface area contributed by atoms with Crippen LogP contribution in [0.4, 0.5) is 11.4 Å². The second kappa shape index (κ2) is 8.24. The first kappa shape index (κ1) is 18.3. The molecular formula is C19H14N2O5S. The molecule has 0 saturated heterocycles. The van der Waals surface area contributed by atoms with Gasteiger partial charge in [0.15, 0.2) is 0 Å². The molecular weight excluding hydrogens is 368 g/mol. The number of non-ortho nitro benzene ring substituents is 1. The largest absolute Gasteiger partial charge is 0.457 e. The van der Waals surface area contributed by atoms with E-state index in [0.717, 1.165) is 0 Å². The predicted molar refractivity (Wildman–Crippen MR) is 101 cm³/mol. The Balaban J connectivity index is 1.71. The number of nitrogens with one attached hydrogen (secondary N) is 1. The standard InChI is InChI=1S/C19H14N2O5S/c22-18(14-8-9-27-12-14)20-17-7-2-1-6-16(17)19(23)26-11-13-4-3-5-15(10-13)21(24)25/h1-10,12H,11H2,(H,20,22). The number of ether oxygens (including phenoxy) is 1. The zero-order chi connectivity index (χ0) is 19.2. The van der Waals surface area contributed by atoms with Gasteiger partial charge in [0.1, 0.15) is 6.61 Å². The second-order valence-electron chi connectivity index (χ2n) is 5.51. The van der Waals surface area contributed by atoms with Gasteiger partial charge in [-0.1, -0.05) is 24.3 Å². The van der Waals surface area contributed by atoms with Gasteiger partial charge in [-0.15, -0.1) is 0 Å². The Hall–Kier alpha value is -3.52. The molecule has 0 fully saturated rings. The summed E-state index contributed by atoms with van der Waals surface area (Å²) in [5.41, 5.74) is 1.45. The fourth-order valence-electron chi connectivity index (χ4n) is 2.34. The van der Waals surface area contributed by atoms with Gasteiger partial charge in [0.05, 0.1) is 21.7 Å². The molecule has 0 atom stereocenters. The van der Waals surface area contributed by atoms with Crippen LogP contribution in [0.15, 0.2) is 65.4 Å². The highest BCUT2D eigenvalue weighted by atomic mass is 32.1. The van der Waals surface area contributed by atoms with Crippen molar-refractivity contribution in [2.75, 3.05) is 5.32 Å². The number of anilines is 1. The van der Waals surface area contributed by atoms with Crippen molar-refractivity contribution in [3.05, 3.63) is 92.2 Å². The summed E-state index contributed by atoms with van der Waals surface area (Å²) in [5.74, 6) is -0.960. The summed E-state index contributed by atoms with van der Waals surface area (Å²) in [4.78, 5) is 34.9. The Morgan fingerprint density at radius 3 is 2.67 bits per heavy atom. The van der Waals surface area contributed by atoms with Crippen LogP contribution in [0.5, 0.6) is 0 Å². The topological polar surface area (TPSA) is 98.5 Å². The van der Waals surface area contributed by atoms with E-state index in [0.29, 0.717) is 16.8 Å². The molecule has 136 valence electrons. The maximum atomic E-state index is 12.4. The first-order valence-corrected chi connectivity index (χ1v) is 8.82. The van der Waals surface area contributed by atoms with Gasteiger partial charge >= 0.3 is 5.97 Å². The van der Waals surface area contributed by atoms with Gasteiger partial charge in [0.25, 0.3) is 11.6 Å². The number of rotatable bonds is 6. The van der Waals surface area contributed by atoms with Gasteiger partial charge in [-0.3, -0.25) is 14.9 Å². The fraction of sp³-hybridized carbons (Fsp3) is 0.0526. The maximum absolute atomic E-state index is 12.4. The number of benzene rings is 2. The number of nitro benzene ring substituents is 1. The number of nitro groups is 1. The average molecular weight is 382 g/mol. The second-order valence-corrected chi connectivity index (χ2v) is 6.29. The molecule has 0 unspecified atom stereocenters. The van der Waals surface area contributed by atoms with Crippen LogP contribution in [0.25, 0.3) is 0 Å². The van der Waals surface area contributed by atoms with Crippen LogP contribution < -0.4 is 5.32 Å². The molecule has 0 spiro atoms. The van der Waals surface area contributed by atoms with Crippen LogP contribution in [-0.2, 0) is 11.3 Å². The average Bonchev–Trinajstić information content (AvgIpc) is 3.22. The van der Waals surface area contributed by atoms with E-state index in [4.69, 9.17) is 4.74 Å². The Morgan fingerprint density at radius 1 is 1.11 bits per heavy atom. The van der Waals surface area contributed by atoms with Crippen molar-refractivity contribution in [3.8, 4) is 0 Å². The SMILES string of the molecule is O=C(Nc1ccccc1C(=O)OCc1cccc([N+](=O)[O-])c1)c1ccsc1. The van der Waals surface area contributed by atoms with Gasteiger partial charge in [-0.05, 0) is 29.1 Å². The summed E-state index contributed by atoms with van der Waals surface area (Å²) in [6.45, 7) is -0.118. The molecule has 2 aromatic carbocycles. The lowest BCUT2D eigenvalue weighted by atomic mass is 10.1. The molecule has 1 heterocycles. The lowest BCUT2D eigenvalue weighted by molar-refractivity contribution is -0.384. The molecule has 1 amide bonds. The quantitative estimate of drug-likeness (QED) is 0.390. The summed E-state index contributed by atoms with van der Waals surface area (Å²) in [6.07, 6.45) is 0. The number of para-hydroxylation sites is 1. The first-order chi connectivity index (χ1) is 13.0. The number of hydrogen-bond donors (Lipinski definition) is 1. The monoisotopic (exact) mass is 382 g/mol. The van der Waals surface area contributed by atoms with Crippen LogP contribution >= 0.6 is 11.3 Å². The molecule has 7 nitrogen and oxygen atoms in total. The summed E-state index contributed by atoms with van der Waals surface area (Å²) < 4.78 is 5.25. The lowest BCUT2D eigenvalue weighted by Crippen LogP contribution is -2.15. The molecule has 3 rings (SSSR count). The van der Waals surface area contributed by atoms with Crippen LogP contribution in [0.2, 0.25) is 0 Å². The molecule has 0 aliphatic rings. The summed E-state index contributed by atoms with van der Waals surface area (Å²) in [7, 11) is 0.